The Labute approximate surface area is 179 Å². The third kappa shape index (κ3) is 4.29. The molecule has 0 radical (unpaired) electrons. The Bertz CT molecular complexity index is 894. The van der Waals surface area contributed by atoms with Gasteiger partial charge in [0.1, 0.15) is 17.6 Å². The molecule has 0 N–H and O–H groups in total. The fourth-order valence-corrected chi connectivity index (χ4v) is 5.30. The van der Waals surface area contributed by atoms with Crippen molar-refractivity contribution in [3.63, 3.8) is 0 Å². The summed E-state index contributed by atoms with van der Waals surface area (Å²) in [6.45, 7) is 2.51. The zero-order valence-corrected chi connectivity index (χ0v) is 17.6. The van der Waals surface area contributed by atoms with Crippen LogP contribution in [0.25, 0.3) is 0 Å². The van der Waals surface area contributed by atoms with E-state index in [2.05, 4.69) is 18.0 Å². The monoisotopic (exact) mass is 432 g/mol. The van der Waals surface area contributed by atoms with Gasteiger partial charge in [0.05, 0.1) is 23.8 Å². The summed E-state index contributed by atoms with van der Waals surface area (Å²) in [4.78, 5) is 4.76. The summed E-state index contributed by atoms with van der Waals surface area (Å²) in [5.74, 6) is 0.0593. The Kier molecular flexibility index (Phi) is 6.40. The predicted molar refractivity (Wildman–Crippen MR) is 108 cm³/mol. The molecule has 2 saturated heterocycles. The number of aromatic nitrogens is 1. The number of methoxy groups -OCH3 is 1. The fourth-order valence-electron chi connectivity index (χ4n) is 3.74. The van der Waals surface area contributed by atoms with Crippen molar-refractivity contribution in [3.8, 4) is 6.07 Å². The summed E-state index contributed by atoms with van der Waals surface area (Å²) < 4.78 is 24.3. The first kappa shape index (κ1) is 20.6. The standard InChI is InChI=1S/C21H21ClN2O4S/c1-12-18-16(11-26-20(28-18)13-6-4-3-5-7-13)27-21(19(12)25-2)29-17-8-14(22)10-24-15(17)9-23/h3-8,10,12,16,18-21H,11H2,1-2H3/t12?,16?,18-,19?,20?,21-/m1/s1. The highest BCUT2D eigenvalue weighted by molar-refractivity contribution is 7.99. The van der Waals surface area contributed by atoms with Crippen LogP contribution in [0.15, 0.2) is 47.5 Å². The highest BCUT2D eigenvalue weighted by Crippen LogP contribution is 2.42. The zero-order valence-electron chi connectivity index (χ0n) is 16.0. The molecule has 3 heterocycles. The van der Waals surface area contributed by atoms with Gasteiger partial charge in [-0.2, -0.15) is 5.26 Å². The van der Waals surface area contributed by atoms with E-state index in [9.17, 15) is 5.26 Å². The maximum absolute atomic E-state index is 9.36. The summed E-state index contributed by atoms with van der Waals surface area (Å²) in [5, 5.41) is 9.83. The van der Waals surface area contributed by atoms with Crippen LogP contribution in [-0.2, 0) is 18.9 Å². The molecule has 152 valence electrons. The van der Waals surface area contributed by atoms with Crippen molar-refractivity contribution in [1.82, 2.24) is 4.98 Å². The number of pyridine rings is 1. The lowest BCUT2D eigenvalue weighted by Gasteiger charge is -2.48. The van der Waals surface area contributed by atoms with Gasteiger partial charge in [-0.3, -0.25) is 0 Å². The Morgan fingerprint density at radius 2 is 2.07 bits per heavy atom. The molecule has 8 heteroatoms. The van der Waals surface area contributed by atoms with Gasteiger partial charge in [-0.1, -0.05) is 60.6 Å². The fraction of sp³-hybridized carbons (Fsp3) is 0.429. The average molecular weight is 433 g/mol. The Morgan fingerprint density at radius 1 is 1.28 bits per heavy atom. The number of hydrogen-bond donors (Lipinski definition) is 0. The second kappa shape index (κ2) is 9.00. The number of nitrogens with zero attached hydrogens (tertiary/aromatic N) is 2. The van der Waals surface area contributed by atoms with Gasteiger partial charge in [-0.05, 0) is 6.07 Å². The van der Waals surface area contributed by atoms with E-state index >= 15 is 0 Å². The van der Waals surface area contributed by atoms with Gasteiger partial charge in [0.25, 0.3) is 0 Å². The first-order chi connectivity index (χ1) is 14.1. The van der Waals surface area contributed by atoms with Crippen molar-refractivity contribution in [3.05, 3.63) is 58.9 Å². The summed E-state index contributed by atoms with van der Waals surface area (Å²) in [5.41, 5.74) is 0.948. The molecule has 6 nitrogen and oxygen atoms in total. The van der Waals surface area contributed by atoms with Crippen LogP contribution < -0.4 is 0 Å². The molecule has 0 spiro atoms. The lowest BCUT2D eigenvalue weighted by Crippen LogP contribution is -2.57. The molecule has 0 aliphatic carbocycles. The predicted octanol–water partition coefficient (Wildman–Crippen LogP) is 4.19. The van der Waals surface area contributed by atoms with Crippen LogP contribution in [0.1, 0.15) is 24.5 Å². The second-order valence-electron chi connectivity index (χ2n) is 7.01. The van der Waals surface area contributed by atoms with E-state index < -0.39 is 6.29 Å². The second-order valence-corrected chi connectivity index (χ2v) is 8.59. The number of hydrogen-bond acceptors (Lipinski definition) is 7. The quantitative estimate of drug-likeness (QED) is 0.717. The summed E-state index contributed by atoms with van der Waals surface area (Å²) in [6, 6.07) is 13.7. The summed E-state index contributed by atoms with van der Waals surface area (Å²) in [7, 11) is 1.66. The van der Waals surface area contributed by atoms with Crippen molar-refractivity contribution < 1.29 is 18.9 Å². The Hall–Kier alpha value is -1.66. The minimum Gasteiger partial charge on any atom is -0.377 e. The van der Waals surface area contributed by atoms with Crippen LogP contribution in [0, 0.1) is 17.2 Å². The molecule has 2 fully saturated rings. The highest BCUT2D eigenvalue weighted by atomic mass is 35.5. The van der Waals surface area contributed by atoms with E-state index in [1.54, 1.807) is 13.2 Å². The van der Waals surface area contributed by atoms with E-state index in [0.29, 0.717) is 22.2 Å². The molecule has 2 aromatic rings. The van der Waals surface area contributed by atoms with Crippen molar-refractivity contribution in [2.45, 2.75) is 41.9 Å². The number of nitriles is 1. The van der Waals surface area contributed by atoms with Gasteiger partial charge >= 0.3 is 0 Å². The SMILES string of the molecule is COC1C(C)[C@H]2OC(c3ccccc3)OCC2O[C@@H]1Sc1cc(Cl)cnc1C#N. The first-order valence-corrected chi connectivity index (χ1v) is 10.6. The number of halogens is 1. The van der Waals surface area contributed by atoms with Crippen molar-refractivity contribution in [1.29, 1.82) is 5.26 Å². The van der Waals surface area contributed by atoms with Gasteiger partial charge in [0.15, 0.2) is 12.0 Å². The minimum absolute atomic E-state index is 0.0593. The molecule has 0 bridgehead atoms. The lowest BCUT2D eigenvalue weighted by molar-refractivity contribution is -0.309. The van der Waals surface area contributed by atoms with Gasteiger partial charge in [-0.15, -0.1) is 0 Å². The molecule has 1 aromatic heterocycles. The average Bonchev–Trinajstić information content (AvgIpc) is 2.75. The molecule has 1 aromatic carbocycles. The van der Waals surface area contributed by atoms with Crippen LogP contribution in [0.3, 0.4) is 0 Å². The third-order valence-corrected chi connectivity index (χ3v) is 6.57. The van der Waals surface area contributed by atoms with Gasteiger partial charge in [-0.25, -0.2) is 4.98 Å². The Balaban J connectivity index is 1.53. The van der Waals surface area contributed by atoms with Gasteiger partial charge < -0.3 is 18.9 Å². The summed E-state index contributed by atoms with van der Waals surface area (Å²) >= 11 is 7.47. The molecule has 2 aliphatic rings. The minimum atomic E-state index is -0.424. The molecule has 6 atom stereocenters. The zero-order chi connectivity index (χ0) is 20.4. The molecule has 0 saturated carbocycles. The van der Waals surface area contributed by atoms with E-state index in [4.69, 9.17) is 30.5 Å². The van der Waals surface area contributed by atoms with Crippen molar-refractivity contribution in [2.24, 2.45) is 5.92 Å². The maximum atomic E-state index is 9.36. The van der Waals surface area contributed by atoms with Crippen LogP contribution >= 0.6 is 23.4 Å². The summed E-state index contributed by atoms with van der Waals surface area (Å²) in [6.07, 6.45) is 0.411. The number of thioether (sulfide) groups is 1. The van der Waals surface area contributed by atoms with E-state index in [1.165, 1.54) is 18.0 Å². The number of fused-ring (bicyclic) bond motifs is 1. The number of rotatable bonds is 4. The normalized spacial score (nSPS) is 31.7. The van der Waals surface area contributed by atoms with Crippen LogP contribution in [0.5, 0.6) is 0 Å². The molecule has 29 heavy (non-hydrogen) atoms. The molecule has 4 unspecified atom stereocenters. The number of benzene rings is 1. The highest BCUT2D eigenvalue weighted by Gasteiger charge is 2.48. The third-order valence-electron chi connectivity index (χ3n) is 5.18. The molecule has 4 rings (SSSR count). The maximum Gasteiger partial charge on any atom is 0.184 e. The topological polar surface area (TPSA) is 73.6 Å². The van der Waals surface area contributed by atoms with E-state index in [0.717, 1.165) is 5.56 Å². The molecular formula is C21H21ClN2O4S. The van der Waals surface area contributed by atoms with E-state index in [1.807, 2.05) is 30.3 Å². The molecule has 0 amide bonds. The van der Waals surface area contributed by atoms with Crippen molar-refractivity contribution >= 4 is 23.4 Å². The van der Waals surface area contributed by atoms with Crippen LogP contribution in [-0.4, -0.2) is 42.4 Å². The smallest absolute Gasteiger partial charge is 0.184 e. The number of ether oxygens (including phenoxy) is 4. The van der Waals surface area contributed by atoms with Crippen LogP contribution in [0.4, 0.5) is 0 Å². The van der Waals surface area contributed by atoms with Gasteiger partial charge in [0, 0.05) is 29.7 Å². The van der Waals surface area contributed by atoms with Crippen LogP contribution in [0.2, 0.25) is 5.02 Å². The van der Waals surface area contributed by atoms with Gasteiger partial charge in [0.2, 0.25) is 0 Å². The lowest BCUT2D eigenvalue weighted by atomic mass is 9.90. The molecule has 2 aliphatic heterocycles. The largest absolute Gasteiger partial charge is 0.377 e. The Morgan fingerprint density at radius 3 is 2.79 bits per heavy atom. The van der Waals surface area contributed by atoms with E-state index in [-0.39, 0.29) is 29.7 Å². The first-order valence-electron chi connectivity index (χ1n) is 9.33. The molecular weight excluding hydrogens is 412 g/mol. The van der Waals surface area contributed by atoms with Crippen molar-refractivity contribution in [2.75, 3.05) is 13.7 Å².